The van der Waals surface area contributed by atoms with Crippen LogP contribution in [-0.2, 0) is 19.3 Å². The van der Waals surface area contributed by atoms with Gasteiger partial charge in [-0.3, -0.25) is 16.3 Å². The van der Waals surface area contributed by atoms with Gasteiger partial charge in [-0.1, -0.05) is 6.42 Å². The third-order valence-corrected chi connectivity index (χ3v) is 5.35. The highest BCUT2D eigenvalue weighted by Gasteiger charge is 2.18. The zero-order chi connectivity index (χ0) is 13.8. The van der Waals surface area contributed by atoms with Gasteiger partial charge in [0, 0.05) is 22.1 Å². The Morgan fingerprint density at radius 1 is 1.20 bits per heavy atom. The van der Waals surface area contributed by atoms with Gasteiger partial charge in [0.2, 0.25) is 0 Å². The van der Waals surface area contributed by atoms with Gasteiger partial charge in [-0.05, 0) is 61.4 Å². The molecule has 2 heterocycles. The Morgan fingerprint density at radius 2 is 2.00 bits per heavy atom. The summed E-state index contributed by atoms with van der Waals surface area (Å²) < 4.78 is 0. The van der Waals surface area contributed by atoms with Crippen molar-refractivity contribution in [2.45, 2.75) is 44.6 Å². The lowest BCUT2D eigenvalue weighted by atomic mass is 10.0. The van der Waals surface area contributed by atoms with Crippen LogP contribution in [0.5, 0.6) is 0 Å². The molecule has 0 aliphatic heterocycles. The normalized spacial score (nSPS) is 16.4. The van der Waals surface area contributed by atoms with E-state index in [2.05, 4.69) is 28.6 Å². The molecule has 1 aliphatic rings. The summed E-state index contributed by atoms with van der Waals surface area (Å²) in [5.41, 5.74) is 5.80. The molecule has 0 fully saturated rings. The summed E-state index contributed by atoms with van der Waals surface area (Å²) in [6.07, 6.45) is 11.1. The van der Waals surface area contributed by atoms with Crippen LogP contribution >= 0.6 is 11.3 Å². The molecule has 1 aliphatic carbocycles. The molecule has 106 valence electrons. The highest BCUT2D eigenvalue weighted by Crippen LogP contribution is 2.33. The summed E-state index contributed by atoms with van der Waals surface area (Å²) in [5, 5.41) is 0. The first-order chi connectivity index (χ1) is 9.86. The van der Waals surface area contributed by atoms with Crippen LogP contribution in [0.2, 0.25) is 0 Å². The summed E-state index contributed by atoms with van der Waals surface area (Å²) in [4.78, 5) is 7.01. The number of hydrazine groups is 1. The third kappa shape index (κ3) is 3.08. The minimum absolute atomic E-state index is 0.203. The second-order valence-electron chi connectivity index (χ2n) is 5.44. The van der Waals surface area contributed by atoms with Crippen molar-refractivity contribution in [1.29, 1.82) is 0 Å². The Hall–Kier alpha value is -1.23. The maximum absolute atomic E-state index is 5.78. The summed E-state index contributed by atoms with van der Waals surface area (Å²) in [7, 11) is 0. The van der Waals surface area contributed by atoms with Crippen LogP contribution in [0.1, 0.15) is 46.2 Å². The highest BCUT2D eigenvalue weighted by molar-refractivity contribution is 7.12. The molecule has 0 saturated carbocycles. The van der Waals surface area contributed by atoms with Crippen LogP contribution in [0.4, 0.5) is 0 Å². The minimum Gasteiger partial charge on any atom is -0.271 e. The molecule has 3 N–H and O–H groups in total. The Labute approximate surface area is 124 Å². The van der Waals surface area contributed by atoms with E-state index in [1.54, 1.807) is 10.4 Å². The van der Waals surface area contributed by atoms with Crippen molar-refractivity contribution in [3.8, 4) is 0 Å². The lowest BCUT2D eigenvalue weighted by Crippen LogP contribution is -2.29. The minimum atomic E-state index is 0.203. The number of nitrogens with two attached hydrogens (primary N) is 1. The van der Waals surface area contributed by atoms with E-state index >= 15 is 0 Å². The van der Waals surface area contributed by atoms with Gasteiger partial charge in [0.05, 0.1) is 6.04 Å². The first-order valence-electron chi connectivity index (χ1n) is 7.33. The van der Waals surface area contributed by atoms with Crippen molar-refractivity contribution in [3.05, 3.63) is 51.5 Å². The van der Waals surface area contributed by atoms with Crippen LogP contribution in [0.15, 0.2) is 30.6 Å². The van der Waals surface area contributed by atoms with Gasteiger partial charge in [0.25, 0.3) is 0 Å². The molecule has 0 radical (unpaired) electrons. The number of hydrogen-bond acceptors (Lipinski definition) is 4. The molecule has 1 atom stereocenters. The number of pyridine rings is 1. The molecule has 20 heavy (non-hydrogen) atoms. The second kappa shape index (κ2) is 6.48. The van der Waals surface area contributed by atoms with E-state index in [0.29, 0.717) is 0 Å². The molecule has 3 nitrogen and oxygen atoms in total. The van der Waals surface area contributed by atoms with E-state index < -0.39 is 0 Å². The van der Waals surface area contributed by atoms with Crippen molar-refractivity contribution >= 4 is 11.3 Å². The monoisotopic (exact) mass is 287 g/mol. The van der Waals surface area contributed by atoms with Gasteiger partial charge in [-0.25, -0.2) is 0 Å². The number of hydrogen-bond donors (Lipinski definition) is 2. The van der Waals surface area contributed by atoms with E-state index in [0.717, 1.165) is 6.42 Å². The average molecular weight is 287 g/mol. The molecule has 4 heteroatoms. The van der Waals surface area contributed by atoms with Crippen LogP contribution < -0.4 is 11.3 Å². The van der Waals surface area contributed by atoms with Crippen LogP contribution in [-0.4, -0.2) is 4.98 Å². The van der Waals surface area contributed by atoms with Gasteiger partial charge in [-0.15, -0.1) is 11.3 Å². The molecule has 1 unspecified atom stereocenters. The summed E-state index contributed by atoms with van der Waals surface area (Å²) >= 11 is 1.94. The Balaban J connectivity index is 1.79. The van der Waals surface area contributed by atoms with E-state index in [9.17, 15) is 0 Å². The predicted molar refractivity (Wildman–Crippen MR) is 83.6 cm³/mol. The predicted octanol–water partition coefficient (Wildman–Crippen LogP) is 3.16. The Bertz CT molecular complexity index is 527. The van der Waals surface area contributed by atoms with Crippen molar-refractivity contribution in [2.75, 3.05) is 0 Å². The van der Waals surface area contributed by atoms with Gasteiger partial charge in [-0.2, -0.15) is 0 Å². The number of aryl methyl sites for hydroxylation is 2. The van der Waals surface area contributed by atoms with E-state index in [-0.39, 0.29) is 6.04 Å². The second-order valence-corrected chi connectivity index (χ2v) is 6.61. The summed E-state index contributed by atoms with van der Waals surface area (Å²) in [5.74, 6) is 5.78. The zero-order valence-electron chi connectivity index (χ0n) is 11.6. The third-order valence-electron chi connectivity index (χ3n) is 4.00. The van der Waals surface area contributed by atoms with Crippen LogP contribution in [0.25, 0.3) is 0 Å². The molecule has 0 aromatic carbocycles. The van der Waals surface area contributed by atoms with E-state index in [1.165, 1.54) is 42.5 Å². The van der Waals surface area contributed by atoms with Gasteiger partial charge in [0.15, 0.2) is 0 Å². The van der Waals surface area contributed by atoms with Crippen molar-refractivity contribution < 1.29 is 0 Å². The molecule has 2 aromatic rings. The maximum Gasteiger partial charge on any atom is 0.0593 e. The first kappa shape index (κ1) is 13.7. The average Bonchev–Trinajstić information content (AvgIpc) is 2.76. The number of aromatic nitrogens is 1. The molecular formula is C16H21N3S. The smallest absolute Gasteiger partial charge is 0.0593 e. The number of rotatable bonds is 4. The molecule has 0 bridgehead atoms. The summed E-state index contributed by atoms with van der Waals surface area (Å²) in [6.45, 7) is 0. The van der Waals surface area contributed by atoms with Crippen molar-refractivity contribution in [3.63, 3.8) is 0 Å². The molecule has 2 aromatic heterocycles. The lowest BCUT2D eigenvalue weighted by Gasteiger charge is -2.14. The van der Waals surface area contributed by atoms with E-state index in [1.807, 2.05) is 23.7 Å². The standard InChI is InChI=1S/C16H21N3S/c17-19-14(10-12-6-8-18-9-7-12)16-11-13-4-2-1-3-5-15(13)20-16/h6-9,11,14,19H,1-5,10,17H2. The SMILES string of the molecule is NNC(Cc1ccncc1)c1cc2c(s1)CCCCC2. The number of nitrogens with zero attached hydrogens (tertiary/aromatic N) is 1. The van der Waals surface area contributed by atoms with E-state index in [4.69, 9.17) is 5.84 Å². The van der Waals surface area contributed by atoms with Crippen LogP contribution in [0, 0.1) is 0 Å². The van der Waals surface area contributed by atoms with Gasteiger partial charge < -0.3 is 0 Å². The van der Waals surface area contributed by atoms with Gasteiger partial charge in [0.1, 0.15) is 0 Å². The number of fused-ring (bicyclic) bond motifs is 1. The molecular weight excluding hydrogens is 266 g/mol. The fraction of sp³-hybridized carbons (Fsp3) is 0.438. The topological polar surface area (TPSA) is 50.9 Å². The maximum atomic E-state index is 5.78. The fourth-order valence-electron chi connectivity index (χ4n) is 2.86. The molecule has 0 saturated heterocycles. The molecule has 0 spiro atoms. The number of thiophene rings is 1. The Kier molecular flexibility index (Phi) is 4.45. The molecule has 0 amide bonds. The molecule has 3 rings (SSSR count). The quantitative estimate of drug-likeness (QED) is 0.516. The van der Waals surface area contributed by atoms with Crippen molar-refractivity contribution in [1.82, 2.24) is 10.4 Å². The number of nitrogens with one attached hydrogen (secondary N) is 1. The lowest BCUT2D eigenvalue weighted by molar-refractivity contribution is 0.560. The Morgan fingerprint density at radius 3 is 2.80 bits per heavy atom. The fourth-order valence-corrected chi connectivity index (χ4v) is 4.18. The van der Waals surface area contributed by atoms with Gasteiger partial charge >= 0.3 is 0 Å². The largest absolute Gasteiger partial charge is 0.271 e. The zero-order valence-corrected chi connectivity index (χ0v) is 12.5. The summed E-state index contributed by atoms with van der Waals surface area (Å²) in [6, 6.07) is 6.69. The first-order valence-corrected chi connectivity index (χ1v) is 8.15. The van der Waals surface area contributed by atoms with Crippen LogP contribution in [0.3, 0.4) is 0 Å². The highest BCUT2D eigenvalue weighted by atomic mass is 32.1. The van der Waals surface area contributed by atoms with Crippen molar-refractivity contribution in [2.24, 2.45) is 5.84 Å².